The average Bonchev–Trinajstić information content (AvgIpc) is 3.56. The molecule has 216 valence electrons. The molecule has 3 aromatic carbocycles. The van der Waals surface area contributed by atoms with Crippen LogP contribution in [0.25, 0.3) is 10.9 Å². The molecule has 11 heteroatoms. The number of rotatable bonds is 11. The van der Waals surface area contributed by atoms with Gasteiger partial charge in [-0.3, -0.25) is 4.79 Å². The minimum atomic E-state index is -4.29. The van der Waals surface area contributed by atoms with E-state index in [1.165, 1.54) is 13.2 Å². The third kappa shape index (κ3) is 5.74. The van der Waals surface area contributed by atoms with Crippen LogP contribution < -0.4 is 18.9 Å². The lowest BCUT2D eigenvalue weighted by atomic mass is 9.90. The molecule has 0 saturated heterocycles. The van der Waals surface area contributed by atoms with Crippen LogP contribution in [0, 0.1) is 6.92 Å². The zero-order valence-corrected chi connectivity index (χ0v) is 24.1. The molecule has 0 radical (unpaired) electrons. The molecule has 10 nitrogen and oxygen atoms in total. The quantitative estimate of drug-likeness (QED) is 0.282. The van der Waals surface area contributed by atoms with E-state index in [4.69, 9.17) is 23.7 Å². The fourth-order valence-electron chi connectivity index (χ4n) is 5.04. The second-order valence-corrected chi connectivity index (χ2v) is 11.4. The number of amides is 1. The van der Waals surface area contributed by atoms with E-state index in [9.17, 15) is 13.2 Å². The molecule has 2 heterocycles. The topological polar surface area (TPSA) is 114 Å². The summed E-state index contributed by atoms with van der Waals surface area (Å²) in [5.41, 5.74) is 3.82. The van der Waals surface area contributed by atoms with Gasteiger partial charge in [0.05, 0.1) is 26.2 Å². The highest BCUT2D eigenvalue weighted by atomic mass is 32.2. The van der Waals surface area contributed by atoms with E-state index >= 15 is 0 Å². The summed E-state index contributed by atoms with van der Waals surface area (Å²) in [7, 11) is 0.346. The Morgan fingerprint density at radius 3 is 2.56 bits per heavy atom. The third-order valence-electron chi connectivity index (χ3n) is 6.97. The summed E-state index contributed by atoms with van der Waals surface area (Å²) in [6.07, 6.45) is 1.87. The van der Waals surface area contributed by atoms with Gasteiger partial charge in [0.2, 0.25) is 12.7 Å². The minimum absolute atomic E-state index is 0.0653. The number of nitrogens with one attached hydrogen (secondary N) is 1. The van der Waals surface area contributed by atoms with Gasteiger partial charge in [0, 0.05) is 37.9 Å². The van der Waals surface area contributed by atoms with Crippen molar-refractivity contribution in [1.29, 1.82) is 0 Å². The largest absolute Gasteiger partial charge is 0.495 e. The van der Waals surface area contributed by atoms with Crippen molar-refractivity contribution in [3.63, 3.8) is 0 Å². The summed E-state index contributed by atoms with van der Waals surface area (Å²) in [5.74, 6) is -0.550. The zero-order valence-electron chi connectivity index (χ0n) is 23.3. The second-order valence-electron chi connectivity index (χ2n) is 9.72. The molecule has 0 saturated carbocycles. The van der Waals surface area contributed by atoms with Crippen molar-refractivity contribution in [2.24, 2.45) is 0 Å². The lowest BCUT2D eigenvalue weighted by Gasteiger charge is -2.19. The summed E-state index contributed by atoms with van der Waals surface area (Å²) in [6, 6.07) is 15.7. The van der Waals surface area contributed by atoms with Gasteiger partial charge in [-0.15, -0.1) is 0 Å². The van der Waals surface area contributed by atoms with E-state index in [2.05, 4.69) is 4.72 Å². The van der Waals surface area contributed by atoms with Crippen LogP contribution in [0.15, 0.2) is 65.7 Å². The van der Waals surface area contributed by atoms with Gasteiger partial charge in [0.25, 0.3) is 10.0 Å². The van der Waals surface area contributed by atoms with E-state index in [1.807, 2.05) is 35.9 Å². The van der Waals surface area contributed by atoms with Crippen LogP contribution in [-0.4, -0.2) is 53.6 Å². The van der Waals surface area contributed by atoms with E-state index in [0.717, 1.165) is 22.0 Å². The number of methoxy groups -OCH3 is 3. The average molecular weight is 581 g/mol. The number of benzene rings is 3. The first-order valence-electron chi connectivity index (χ1n) is 13.0. The molecule has 1 unspecified atom stereocenters. The Kier molecular flexibility index (Phi) is 8.20. The summed E-state index contributed by atoms with van der Waals surface area (Å²) in [6.45, 7) is 3.28. The molecule has 1 amide bonds. The van der Waals surface area contributed by atoms with Gasteiger partial charge in [-0.2, -0.15) is 0 Å². The normalized spacial score (nSPS) is 13.4. The first kappa shape index (κ1) is 28.5. The van der Waals surface area contributed by atoms with Gasteiger partial charge in [-0.05, 0) is 59.5 Å². The van der Waals surface area contributed by atoms with Crippen LogP contribution >= 0.6 is 0 Å². The van der Waals surface area contributed by atoms with E-state index in [0.29, 0.717) is 42.4 Å². The van der Waals surface area contributed by atoms with Crippen LogP contribution in [-0.2, 0) is 37.4 Å². The maximum absolute atomic E-state index is 14.1. The van der Waals surface area contributed by atoms with E-state index in [-0.39, 0.29) is 17.4 Å². The van der Waals surface area contributed by atoms with Crippen LogP contribution in [0.2, 0.25) is 0 Å². The second kappa shape index (κ2) is 11.8. The summed E-state index contributed by atoms with van der Waals surface area (Å²) >= 11 is 0. The highest BCUT2D eigenvalue weighted by Crippen LogP contribution is 2.39. The first-order chi connectivity index (χ1) is 19.7. The standard InChI is InChI=1S/C30H32N2O8S/c1-19-5-10-28(27(13-19)38-4)41(34,35)31-30(33)29(21-7-9-25-26(15-21)40-18-39-25)23-16-32(11-12-36-2)24-14-20(17-37-3)6-8-22(23)24/h5-10,13-16,29H,11-12,17-18H2,1-4H3,(H,31,33). The highest BCUT2D eigenvalue weighted by Gasteiger charge is 2.32. The monoisotopic (exact) mass is 580 g/mol. The van der Waals surface area contributed by atoms with Gasteiger partial charge in [-0.1, -0.05) is 24.3 Å². The molecule has 0 fully saturated rings. The number of aromatic nitrogens is 1. The molecule has 1 N–H and O–H groups in total. The number of nitrogens with zero attached hydrogens (tertiary/aromatic N) is 1. The lowest BCUT2D eigenvalue weighted by Crippen LogP contribution is -2.35. The molecule has 1 aliphatic rings. The Hall–Kier alpha value is -4.06. The summed E-state index contributed by atoms with van der Waals surface area (Å²) in [4.78, 5) is 13.9. The summed E-state index contributed by atoms with van der Waals surface area (Å²) in [5, 5.41) is 0.795. The van der Waals surface area contributed by atoms with Crippen LogP contribution in [0.5, 0.6) is 17.2 Å². The minimum Gasteiger partial charge on any atom is -0.495 e. The number of carbonyl (C=O) groups excluding carboxylic acids is 1. The predicted octanol–water partition coefficient (Wildman–Crippen LogP) is 4.12. The van der Waals surface area contributed by atoms with Crippen molar-refractivity contribution < 1.29 is 36.9 Å². The van der Waals surface area contributed by atoms with Gasteiger partial charge in [-0.25, -0.2) is 13.1 Å². The number of ether oxygens (including phenoxy) is 5. The molecule has 0 spiro atoms. The molecule has 5 rings (SSSR count). The third-order valence-corrected chi connectivity index (χ3v) is 8.36. The molecule has 41 heavy (non-hydrogen) atoms. The number of hydrogen-bond donors (Lipinski definition) is 1. The lowest BCUT2D eigenvalue weighted by molar-refractivity contribution is -0.119. The predicted molar refractivity (Wildman–Crippen MR) is 152 cm³/mol. The SMILES string of the molecule is COCCn1cc(C(C(=O)NS(=O)(=O)c2ccc(C)cc2OC)c2ccc3c(c2)OCO3)c2ccc(COC)cc21. The number of fused-ring (bicyclic) bond motifs is 2. The molecular formula is C30H32N2O8S. The van der Waals surface area contributed by atoms with Crippen molar-refractivity contribution in [2.45, 2.75) is 30.9 Å². The summed E-state index contributed by atoms with van der Waals surface area (Å²) < 4.78 is 58.4. The fraction of sp³-hybridized carbons (Fsp3) is 0.300. The maximum Gasteiger partial charge on any atom is 0.267 e. The van der Waals surface area contributed by atoms with Gasteiger partial charge in [0.1, 0.15) is 10.6 Å². The van der Waals surface area contributed by atoms with E-state index < -0.39 is 21.8 Å². The van der Waals surface area contributed by atoms with Crippen molar-refractivity contribution in [3.8, 4) is 17.2 Å². The van der Waals surface area contributed by atoms with Crippen molar-refractivity contribution in [2.75, 3.05) is 34.7 Å². The molecular weight excluding hydrogens is 548 g/mol. The van der Waals surface area contributed by atoms with Gasteiger partial charge >= 0.3 is 0 Å². The number of carbonyl (C=O) groups is 1. The Morgan fingerprint density at radius 2 is 1.80 bits per heavy atom. The Labute approximate surface area is 238 Å². The Morgan fingerprint density at radius 1 is 1.00 bits per heavy atom. The molecule has 1 aliphatic heterocycles. The van der Waals surface area contributed by atoms with Gasteiger partial charge in [0.15, 0.2) is 11.5 Å². The van der Waals surface area contributed by atoms with Crippen molar-refractivity contribution >= 4 is 26.8 Å². The highest BCUT2D eigenvalue weighted by molar-refractivity contribution is 7.90. The van der Waals surface area contributed by atoms with Gasteiger partial charge < -0.3 is 28.3 Å². The van der Waals surface area contributed by atoms with Crippen LogP contribution in [0.3, 0.4) is 0 Å². The smallest absolute Gasteiger partial charge is 0.267 e. The molecule has 1 aromatic heterocycles. The fourth-order valence-corrected chi connectivity index (χ4v) is 6.18. The Bertz CT molecular complexity index is 1700. The van der Waals surface area contributed by atoms with Crippen molar-refractivity contribution in [1.82, 2.24) is 9.29 Å². The van der Waals surface area contributed by atoms with E-state index in [1.54, 1.807) is 44.6 Å². The number of aryl methyl sites for hydroxylation is 1. The zero-order chi connectivity index (χ0) is 29.1. The molecule has 1 atom stereocenters. The number of sulfonamides is 1. The van der Waals surface area contributed by atoms with Crippen LogP contribution in [0.4, 0.5) is 0 Å². The number of hydrogen-bond acceptors (Lipinski definition) is 8. The van der Waals surface area contributed by atoms with Crippen LogP contribution in [0.1, 0.15) is 28.2 Å². The molecule has 0 aliphatic carbocycles. The maximum atomic E-state index is 14.1. The first-order valence-corrected chi connectivity index (χ1v) is 14.4. The molecule has 0 bridgehead atoms. The Balaban J connectivity index is 1.64. The van der Waals surface area contributed by atoms with Crippen molar-refractivity contribution in [3.05, 3.63) is 83.0 Å². The molecule has 4 aromatic rings.